The average molecular weight is 416 g/mol. The number of hydrogen-bond acceptors (Lipinski definition) is 5. The van der Waals surface area contributed by atoms with Crippen LogP contribution >= 0.6 is 22.6 Å². The molecule has 1 amide bonds. The maximum absolute atomic E-state index is 11.7. The predicted molar refractivity (Wildman–Crippen MR) is 90.7 cm³/mol. The van der Waals surface area contributed by atoms with Crippen molar-refractivity contribution < 1.29 is 14.6 Å². The number of ether oxygens (including phenoxy) is 1. The van der Waals surface area contributed by atoms with Crippen LogP contribution < -0.4 is 5.32 Å². The van der Waals surface area contributed by atoms with Gasteiger partial charge in [0.1, 0.15) is 5.60 Å². The molecule has 0 unspecified atom stereocenters. The Morgan fingerprint density at radius 3 is 2.59 bits per heavy atom. The molecule has 0 saturated heterocycles. The molecule has 2 N–H and O–H groups in total. The Hall–Kier alpha value is -1.84. The van der Waals surface area contributed by atoms with Gasteiger partial charge in [-0.3, -0.25) is 10.00 Å². The molecule has 0 atom stereocenters. The van der Waals surface area contributed by atoms with Crippen molar-refractivity contribution in [2.45, 2.75) is 26.4 Å². The lowest BCUT2D eigenvalue weighted by molar-refractivity contribution is 0.0634. The van der Waals surface area contributed by atoms with Crippen molar-refractivity contribution in [1.29, 1.82) is 0 Å². The lowest BCUT2D eigenvalue weighted by Crippen LogP contribution is -2.27. The number of nitrogens with zero attached hydrogens (tertiary/aromatic N) is 3. The van der Waals surface area contributed by atoms with E-state index in [1.807, 2.05) is 0 Å². The van der Waals surface area contributed by atoms with Crippen LogP contribution in [0, 0.1) is 3.57 Å². The molecular formula is C14H17IN4O3. The molecule has 0 saturated carbocycles. The van der Waals surface area contributed by atoms with Gasteiger partial charge in [0.15, 0.2) is 11.6 Å². The third kappa shape index (κ3) is 3.87. The van der Waals surface area contributed by atoms with Gasteiger partial charge in [-0.25, -0.2) is 9.78 Å². The molecule has 2 heterocycles. The fourth-order valence-corrected chi connectivity index (χ4v) is 2.60. The lowest BCUT2D eigenvalue weighted by Gasteiger charge is -2.19. The number of pyridine rings is 1. The molecule has 0 spiro atoms. The van der Waals surface area contributed by atoms with E-state index in [1.54, 1.807) is 44.9 Å². The minimum Gasteiger partial charge on any atom is -0.504 e. The standard InChI is InChI=1S/C14H17IN4O3/c1-14(2,3)22-13(21)18-12-10(20)5-8(6-16-12)11-9(15)7-17-19(11)4/h5-7,20H,1-4H3,(H,16,18,21). The number of anilines is 1. The van der Waals surface area contributed by atoms with Crippen molar-refractivity contribution >= 4 is 34.5 Å². The zero-order valence-corrected chi connectivity index (χ0v) is 14.9. The number of carbonyl (C=O) groups is 1. The molecule has 0 bridgehead atoms. The van der Waals surface area contributed by atoms with Crippen LogP contribution in [-0.4, -0.2) is 31.6 Å². The van der Waals surface area contributed by atoms with E-state index < -0.39 is 11.7 Å². The first-order valence-electron chi connectivity index (χ1n) is 6.54. The van der Waals surface area contributed by atoms with Gasteiger partial charge in [0.2, 0.25) is 0 Å². The third-order valence-electron chi connectivity index (χ3n) is 2.65. The van der Waals surface area contributed by atoms with Crippen LogP contribution in [0.25, 0.3) is 11.3 Å². The fraction of sp³-hybridized carbons (Fsp3) is 0.357. The predicted octanol–water partition coefficient (Wildman–Crippen LogP) is 3.14. The second-order valence-electron chi connectivity index (χ2n) is 5.68. The van der Waals surface area contributed by atoms with Gasteiger partial charge in [-0.1, -0.05) is 0 Å². The van der Waals surface area contributed by atoms with Gasteiger partial charge in [-0.2, -0.15) is 5.10 Å². The Bertz CT molecular complexity index is 687. The maximum Gasteiger partial charge on any atom is 0.413 e. The molecular weight excluding hydrogens is 399 g/mol. The highest BCUT2D eigenvalue weighted by Gasteiger charge is 2.18. The zero-order chi connectivity index (χ0) is 16.5. The van der Waals surface area contributed by atoms with Crippen molar-refractivity contribution in [1.82, 2.24) is 14.8 Å². The smallest absolute Gasteiger partial charge is 0.413 e. The quantitative estimate of drug-likeness (QED) is 0.735. The van der Waals surface area contributed by atoms with Crippen LogP contribution in [0.1, 0.15) is 20.8 Å². The van der Waals surface area contributed by atoms with Crippen LogP contribution in [0.4, 0.5) is 10.6 Å². The number of amides is 1. The van der Waals surface area contributed by atoms with E-state index in [2.05, 4.69) is 38.0 Å². The monoisotopic (exact) mass is 416 g/mol. The molecule has 0 aliphatic rings. The minimum absolute atomic E-state index is 0.0511. The topological polar surface area (TPSA) is 89.3 Å². The molecule has 8 heteroatoms. The van der Waals surface area contributed by atoms with Crippen molar-refractivity contribution in [3.63, 3.8) is 0 Å². The van der Waals surface area contributed by atoms with Gasteiger partial charge in [-0.15, -0.1) is 0 Å². The average Bonchev–Trinajstić information content (AvgIpc) is 2.69. The molecule has 2 aromatic rings. The van der Waals surface area contributed by atoms with Crippen LogP contribution in [0.15, 0.2) is 18.5 Å². The summed E-state index contributed by atoms with van der Waals surface area (Å²) in [6.07, 6.45) is 2.61. The Balaban J connectivity index is 2.22. The van der Waals surface area contributed by atoms with E-state index in [0.29, 0.717) is 5.56 Å². The molecule has 7 nitrogen and oxygen atoms in total. The molecule has 0 aliphatic heterocycles. The van der Waals surface area contributed by atoms with E-state index in [1.165, 1.54) is 6.07 Å². The van der Waals surface area contributed by atoms with E-state index >= 15 is 0 Å². The van der Waals surface area contributed by atoms with Gasteiger partial charge in [-0.05, 0) is 49.4 Å². The van der Waals surface area contributed by atoms with Crippen molar-refractivity contribution in [3.05, 3.63) is 22.0 Å². The summed E-state index contributed by atoms with van der Waals surface area (Å²) in [4.78, 5) is 15.8. The second-order valence-corrected chi connectivity index (χ2v) is 6.85. The van der Waals surface area contributed by atoms with Crippen LogP contribution in [-0.2, 0) is 11.8 Å². The summed E-state index contributed by atoms with van der Waals surface area (Å²) in [7, 11) is 1.81. The summed E-state index contributed by atoms with van der Waals surface area (Å²) in [6.45, 7) is 5.27. The maximum atomic E-state index is 11.7. The van der Waals surface area contributed by atoms with Crippen molar-refractivity contribution in [2.75, 3.05) is 5.32 Å². The Morgan fingerprint density at radius 1 is 1.41 bits per heavy atom. The first-order chi connectivity index (χ1) is 10.2. The SMILES string of the molecule is Cn1ncc(I)c1-c1cnc(NC(=O)OC(C)(C)C)c(O)c1. The third-order valence-corrected chi connectivity index (χ3v) is 3.44. The number of rotatable bonds is 2. The number of nitrogens with one attached hydrogen (secondary N) is 1. The number of aromatic nitrogens is 3. The first kappa shape index (κ1) is 16.5. The van der Waals surface area contributed by atoms with Gasteiger partial charge < -0.3 is 9.84 Å². The lowest BCUT2D eigenvalue weighted by atomic mass is 10.2. The van der Waals surface area contributed by atoms with E-state index in [0.717, 1.165) is 9.26 Å². The summed E-state index contributed by atoms with van der Waals surface area (Å²) in [5, 5.41) is 16.6. The zero-order valence-electron chi connectivity index (χ0n) is 12.7. The number of hydrogen-bond donors (Lipinski definition) is 2. The van der Waals surface area contributed by atoms with Gasteiger partial charge in [0, 0.05) is 18.8 Å². The van der Waals surface area contributed by atoms with Crippen LogP contribution in [0.5, 0.6) is 5.75 Å². The Labute approximate surface area is 141 Å². The molecule has 0 fully saturated rings. The number of carbonyl (C=O) groups excluding carboxylic acids is 1. The van der Waals surface area contributed by atoms with Crippen molar-refractivity contribution in [3.8, 4) is 17.0 Å². The first-order valence-corrected chi connectivity index (χ1v) is 7.62. The summed E-state index contributed by atoms with van der Waals surface area (Å²) >= 11 is 2.16. The van der Waals surface area contributed by atoms with E-state index in [9.17, 15) is 9.90 Å². The van der Waals surface area contributed by atoms with Gasteiger partial charge in [0.05, 0.1) is 15.5 Å². The summed E-state index contributed by atoms with van der Waals surface area (Å²) < 4.78 is 7.75. The molecule has 2 rings (SSSR count). The Morgan fingerprint density at radius 2 is 2.09 bits per heavy atom. The Kier molecular flexibility index (Phi) is 4.59. The molecule has 2 aromatic heterocycles. The summed E-state index contributed by atoms with van der Waals surface area (Å²) in [5.41, 5.74) is 0.925. The molecule has 118 valence electrons. The van der Waals surface area contributed by atoms with Crippen LogP contribution in [0.2, 0.25) is 0 Å². The summed E-state index contributed by atoms with van der Waals surface area (Å²) in [5.74, 6) is -0.0875. The van der Waals surface area contributed by atoms with Gasteiger partial charge in [0.25, 0.3) is 0 Å². The van der Waals surface area contributed by atoms with Gasteiger partial charge >= 0.3 is 6.09 Å². The van der Waals surface area contributed by atoms with E-state index in [4.69, 9.17) is 4.74 Å². The van der Waals surface area contributed by atoms with Crippen molar-refractivity contribution in [2.24, 2.45) is 7.05 Å². The molecule has 0 radical (unpaired) electrons. The highest BCUT2D eigenvalue weighted by atomic mass is 127. The minimum atomic E-state index is -0.668. The molecule has 0 aromatic carbocycles. The second kappa shape index (κ2) is 6.11. The number of aromatic hydroxyl groups is 1. The number of halogens is 1. The number of aryl methyl sites for hydroxylation is 1. The largest absolute Gasteiger partial charge is 0.504 e. The van der Waals surface area contributed by atoms with E-state index in [-0.39, 0.29) is 11.6 Å². The highest BCUT2D eigenvalue weighted by molar-refractivity contribution is 14.1. The fourth-order valence-electron chi connectivity index (χ4n) is 1.81. The summed E-state index contributed by atoms with van der Waals surface area (Å²) in [6, 6.07) is 1.53. The highest BCUT2D eigenvalue weighted by Crippen LogP contribution is 2.30. The molecule has 22 heavy (non-hydrogen) atoms. The normalized spacial score (nSPS) is 11.3. The van der Waals surface area contributed by atoms with Crippen LogP contribution in [0.3, 0.4) is 0 Å². The molecule has 0 aliphatic carbocycles.